The van der Waals surface area contributed by atoms with Gasteiger partial charge in [-0.1, -0.05) is 30.8 Å². The van der Waals surface area contributed by atoms with E-state index in [2.05, 4.69) is 22.0 Å². The molecule has 3 aromatic heterocycles. The number of rotatable bonds is 5. The Morgan fingerprint density at radius 1 is 1.39 bits per heavy atom. The van der Waals surface area contributed by atoms with Crippen LogP contribution in [0, 0.1) is 31.6 Å². The van der Waals surface area contributed by atoms with Crippen molar-refractivity contribution < 1.29 is 18.8 Å². The predicted molar refractivity (Wildman–Crippen MR) is 116 cm³/mol. The molecule has 31 heavy (non-hydrogen) atoms. The fraction of sp³-hybridized carbons (Fsp3) is 0.435. The molecule has 3 aromatic rings. The second kappa shape index (κ2) is 8.44. The molecule has 3 rings (SSSR count). The zero-order chi connectivity index (χ0) is 22.9. The van der Waals surface area contributed by atoms with Gasteiger partial charge in [0.15, 0.2) is 5.60 Å². The number of hydrogen-bond acceptors (Lipinski definition) is 6. The minimum absolute atomic E-state index is 0.190. The Morgan fingerprint density at radius 3 is 2.68 bits per heavy atom. The van der Waals surface area contributed by atoms with E-state index >= 15 is 0 Å². The lowest BCUT2D eigenvalue weighted by Crippen LogP contribution is -2.23. The molecule has 3 heterocycles. The summed E-state index contributed by atoms with van der Waals surface area (Å²) < 4.78 is 17.6. The lowest BCUT2D eigenvalue weighted by molar-refractivity contribution is 0.0460. The van der Waals surface area contributed by atoms with Crippen molar-refractivity contribution in [2.24, 2.45) is 13.0 Å². The summed E-state index contributed by atoms with van der Waals surface area (Å²) in [5.74, 6) is 6.50. The summed E-state index contributed by atoms with van der Waals surface area (Å²) in [6.45, 7) is 9.49. The first-order chi connectivity index (χ1) is 14.6. The molecule has 0 radical (unpaired) electrons. The van der Waals surface area contributed by atoms with Crippen LogP contribution < -0.4 is 5.56 Å². The summed E-state index contributed by atoms with van der Waals surface area (Å²) in [7, 11) is 3.17. The van der Waals surface area contributed by atoms with E-state index in [9.17, 15) is 9.59 Å². The summed E-state index contributed by atoms with van der Waals surface area (Å²) >= 11 is 0. The SMILES string of the molecule is CO[C@](C)(C#Cc1cn(C)c(=O)c2[nH]c(C)c(C(=O)OCC(C)C)c12)c1cc(C)on1. The Bertz CT molecular complexity index is 1250. The van der Waals surface area contributed by atoms with Crippen molar-refractivity contribution in [2.75, 3.05) is 13.7 Å². The molecule has 164 valence electrons. The molecule has 0 aliphatic heterocycles. The highest BCUT2D eigenvalue weighted by molar-refractivity contribution is 6.07. The van der Waals surface area contributed by atoms with Crippen molar-refractivity contribution >= 4 is 16.9 Å². The lowest BCUT2D eigenvalue weighted by atomic mass is 10.0. The Morgan fingerprint density at radius 2 is 2.10 bits per heavy atom. The summed E-state index contributed by atoms with van der Waals surface area (Å²) in [6.07, 6.45) is 1.61. The number of methoxy groups -OCH3 is 1. The van der Waals surface area contributed by atoms with Gasteiger partial charge in [-0.15, -0.1) is 0 Å². The van der Waals surface area contributed by atoms with Crippen LogP contribution in [0.2, 0.25) is 0 Å². The topological polar surface area (TPSA) is 99.4 Å². The smallest absolute Gasteiger partial charge is 0.340 e. The molecule has 0 aromatic carbocycles. The van der Waals surface area contributed by atoms with Crippen molar-refractivity contribution in [3.8, 4) is 11.8 Å². The molecular weight excluding hydrogens is 398 g/mol. The number of pyridine rings is 1. The third kappa shape index (κ3) is 4.28. The summed E-state index contributed by atoms with van der Waals surface area (Å²) in [4.78, 5) is 28.6. The molecule has 0 saturated carbocycles. The maximum Gasteiger partial charge on any atom is 0.340 e. The lowest BCUT2D eigenvalue weighted by Gasteiger charge is -2.18. The van der Waals surface area contributed by atoms with E-state index in [0.717, 1.165) is 0 Å². The molecule has 0 aliphatic rings. The number of fused-ring (bicyclic) bond motifs is 1. The van der Waals surface area contributed by atoms with E-state index in [1.54, 1.807) is 40.1 Å². The van der Waals surface area contributed by atoms with Crippen LogP contribution in [-0.2, 0) is 22.1 Å². The van der Waals surface area contributed by atoms with Gasteiger partial charge < -0.3 is 23.5 Å². The molecular formula is C23H27N3O5. The second-order valence-corrected chi connectivity index (χ2v) is 8.14. The molecule has 0 amide bonds. The number of carbonyl (C=O) groups excluding carboxylic acids is 1. The van der Waals surface area contributed by atoms with Crippen LogP contribution in [-0.4, -0.2) is 34.4 Å². The van der Waals surface area contributed by atoms with Crippen LogP contribution in [0.25, 0.3) is 10.9 Å². The van der Waals surface area contributed by atoms with Gasteiger partial charge >= 0.3 is 5.97 Å². The molecule has 1 N–H and O–H groups in total. The average molecular weight is 425 g/mol. The maximum absolute atomic E-state index is 12.8. The Hall–Kier alpha value is -3.31. The normalized spacial score (nSPS) is 13.2. The van der Waals surface area contributed by atoms with E-state index in [1.165, 1.54) is 11.7 Å². The molecule has 8 nitrogen and oxygen atoms in total. The Kier molecular flexibility index (Phi) is 6.09. The Labute approximate surface area is 180 Å². The van der Waals surface area contributed by atoms with E-state index in [1.807, 2.05) is 13.8 Å². The van der Waals surface area contributed by atoms with Gasteiger partial charge in [-0.2, -0.15) is 0 Å². The van der Waals surface area contributed by atoms with Gasteiger partial charge in [0.2, 0.25) is 0 Å². The van der Waals surface area contributed by atoms with Gasteiger partial charge in [-0.05, 0) is 26.7 Å². The molecule has 0 unspecified atom stereocenters. The van der Waals surface area contributed by atoms with E-state index in [4.69, 9.17) is 14.0 Å². The fourth-order valence-electron chi connectivity index (χ4n) is 3.21. The third-order valence-electron chi connectivity index (χ3n) is 5.03. The van der Waals surface area contributed by atoms with Crippen molar-refractivity contribution in [1.82, 2.24) is 14.7 Å². The fourth-order valence-corrected chi connectivity index (χ4v) is 3.21. The van der Waals surface area contributed by atoms with Crippen LogP contribution in [0.15, 0.2) is 21.6 Å². The molecule has 1 atom stereocenters. The van der Waals surface area contributed by atoms with Gasteiger partial charge in [0.25, 0.3) is 5.56 Å². The minimum atomic E-state index is -1.04. The first-order valence-electron chi connectivity index (χ1n) is 9.98. The highest BCUT2D eigenvalue weighted by Gasteiger charge is 2.28. The molecule has 0 fully saturated rings. The molecule has 0 aliphatic carbocycles. The molecule has 8 heteroatoms. The number of aryl methyl sites for hydroxylation is 3. The number of ether oxygens (including phenoxy) is 2. The second-order valence-electron chi connectivity index (χ2n) is 8.14. The number of aromatic amines is 1. The highest BCUT2D eigenvalue weighted by atomic mass is 16.5. The van der Waals surface area contributed by atoms with Gasteiger partial charge in [0.1, 0.15) is 17.0 Å². The zero-order valence-electron chi connectivity index (χ0n) is 18.9. The minimum Gasteiger partial charge on any atom is -0.462 e. The van der Waals surface area contributed by atoms with Crippen LogP contribution in [0.5, 0.6) is 0 Å². The number of nitrogens with one attached hydrogen (secondary N) is 1. The molecule has 0 bridgehead atoms. The number of esters is 1. The maximum atomic E-state index is 12.8. The largest absolute Gasteiger partial charge is 0.462 e. The van der Waals surface area contributed by atoms with Crippen molar-refractivity contribution in [2.45, 2.75) is 40.2 Å². The number of carbonyl (C=O) groups is 1. The van der Waals surface area contributed by atoms with E-state index < -0.39 is 11.6 Å². The van der Waals surface area contributed by atoms with Crippen molar-refractivity contribution in [3.05, 3.63) is 50.9 Å². The summed E-state index contributed by atoms with van der Waals surface area (Å²) in [5, 5.41) is 4.46. The van der Waals surface area contributed by atoms with Crippen LogP contribution >= 0.6 is 0 Å². The van der Waals surface area contributed by atoms with Gasteiger partial charge in [0.05, 0.1) is 17.7 Å². The number of nitrogens with zero attached hydrogens (tertiary/aromatic N) is 2. The van der Waals surface area contributed by atoms with E-state index in [0.29, 0.717) is 39.2 Å². The van der Waals surface area contributed by atoms with Crippen LogP contribution in [0.1, 0.15) is 53.8 Å². The average Bonchev–Trinajstić information content (AvgIpc) is 3.31. The number of H-pyrrole nitrogens is 1. The van der Waals surface area contributed by atoms with Gasteiger partial charge in [-0.25, -0.2) is 4.79 Å². The van der Waals surface area contributed by atoms with Crippen molar-refractivity contribution in [1.29, 1.82) is 0 Å². The third-order valence-corrected chi connectivity index (χ3v) is 5.03. The van der Waals surface area contributed by atoms with Crippen LogP contribution in [0.3, 0.4) is 0 Å². The first-order valence-corrected chi connectivity index (χ1v) is 9.98. The monoisotopic (exact) mass is 425 g/mol. The first kappa shape index (κ1) is 22.4. The van der Waals surface area contributed by atoms with Crippen LogP contribution in [0.4, 0.5) is 0 Å². The molecule has 0 saturated heterocycles. The Balaban J connectivity index is 2.19. The quantitative estimate of drug-likeness (QED) is 0.498. The number of aromatic nitrogens is 3. The molecule has 0 spiro atoms. The van der Waals surface area contributed by atoms with E-state index in [-0.39, 0.29) is 18.1 Å². The summed E-state index contributed by atoms with van der Waals surface area (Å²) in [5.41, 5.74) is 0.908. The zero-order valence-corrected chi connectivity index (χ0v) is 18.9. The van der Waals surface area contributed by atoms with Crippen molar-refractivity contribution in [3.63, 3.8) is 0 Å². The predicted octanol–water partition coefficient (Wildman–Crippen LogP) is 3.20. The van der Waals surface area contributed by atoms with Gasteiger partial charge in [0, 0.05) is 37.5 Å². The number of hydrogen-bond donors (Lipinski definition) is 1. The standard InChI is InChI=1S/C23H27N3O5/c1-13(2)12-30-22(28)18-15(4)24-20-19(18)16(11-26(6)21(20)27)8-9-23(5,29-7)17-10-14(3)31-25-17/h10-11,13,24H,12H2,1-7H3/t23-/m1/s1. The van der Waals surface area contributed by atoms with Gasteiger partial charge in [-0.3, -0.25) is 4.79 Å². The summed E-state index contributed by atoms with van der Waals surface area (Å²) in [6, 6.07) is 1.75. The highest BCUT2D eigenvalue weighted by Crippen LogP contribution is 2.26.